The molecule has 0 aromatic heterocycles. The smallest absolute Gasteiger partial charge is 0.462 e. The van der Waals surface area contributed by atoms with E-state index in [0.29, 0.717) is 12.8 Å². The van der Waals surface area contributed by atoms with E-state index in [-0.39, 0.29) is 26.1 Å². The first-order valence-corrected chi connectivity index (χ1v) is 22.9. The van der Waals surface area contributed by atoms with Crippen LogP contribution in [-0.4, -0.2) is 42.8 Å². The number of phosphoric ester groups is 1. The average molecular weight is 789 g/mol. The fourth-order valence-corrected chi connectivity index (χ4v) is 6.10. The van der Waals surface area contributed by atoms with E-state index in [9.17, 15) is 19.0 Å². The maximum Gasteiger partial charge on any atom is 0.472 e. The van der Waals surface area contributed by atoms with Crippen molar-refractivity contribution in [3.05, 3.63) is 85.1 Å². The molecule has 0 heterocycles. The molecule has 0 aromatic rings. The summed E-state index contributed by atoms with van der Waals surface area (Å²) in [5, 5.41) is 0. The summed E-state index contributed by atoms with van der Waals surface area (Å²) >= 11 is 0. The lowest BCUT2D eigenvalue weighted by Crippen LogP contribution is -2.29. The molecule has 0 amide bonds. The molecule has 2 unspecified atom stereocenters. The third-order valence-corrected chi connectivity index (χ3v) is 9.49. The van der Waals surface area contributed by atoms with Crippen LogP contribution in [-0.2, 0) is 32.7 Å². The molecule has 0 saturated carbocycles. The van der Waals surface area contributed by atoms with Crippen LogP contribution in [0.2, 0.25) is 0 Å². The number of rotatable bonds is 38. The SMILES string of the molecule is CC/C=C\C/C=C\C/C=C\C/C=C\C/C=C\CCCC(=O)OC(COC(=O)CCCCCCCCC/C=C\C/C=C\CCCCCC)COP(=O)(O)OCC. The Labute approximate surface area is 335 Å². The van der Waals surface area contributed by atoms with Gasteiger partial charge in [0.05, 0.1) is 13.2 Å². The highest BCUT2D eigenvalue weighted by atomic mass is 31.2. The number of esters is 2. The van der Waals surface area contributed by atoms with Gasteiger partial charge in [0.2, 0.25) is 0 Å². The molecule has 0 aliphatic heterocycles. The molecule has 0 fully saturated rings. The molecule has 2 atom stereocenters. The molecule has 1 N–H and O–H groups in total. The minimum atomic E-state index is -4.30. The quantitative estimate of drug-likeness (QED) is 0.0285. The summed E-state index contributed by atoms with van der Waals surface area (Å²) in [6, 6.07) is 0. The Hall–Kier alpha value is -2.77. The Morgan fingerprint density at radius 3 is 1.45 bits per heavy atom. The highest BCUT2D eigenvalue weighted by molar-refractivity contribution is 7.47. The average Bonchev–Trinajstić information content (AvgIpc) is 3.16. The van der Waals surface area contributed by atoms with E-state index < -0.39 is 32.5 Å². The maximum atomic E-state index is 12.5. The van der Waals surface area contributed by atoms with Gasteiger partial charge in [0.1, 0.15) is 6.61 Å². The summed E-state index contributed by atoms with van der Waals surface area (Å²) in [6.07, 6.45) is 52.1. The van der Waals surface area contributed by atoms with Gasteiger partial charge in [0.25, 0.3) is 0 Å². The third kappa shape index (κ3) is 40.7. The van der Waals surface area contributed by atoms with Gasteiger partial charge in [-0.3, -0.25) is 18.6 Å². The molecule has 8 nitrogen and oxygen atoms in total. The van der Waals surface area contributed by atoms with E-state index >= 15 is 0 Å². The molecule has 0 bridgehead atoms. The second-order valence-electron chi connectivity index (χ2n) is 13.6. The van der Waals surface area contributed by atoms with Crippen molar-refractivity contribution in [2.45, 2.75) is 175 Å². The number of phosphoric acid groups is 1. The summed E-state index contributed by atoms with van der Waals surface area (Å²) in [6.45, 7) is 5.25. The van der Waals surface area contributed by atoms with Gasteiger partial charge in [0, 0.05) is 12.8 Å². The fraction of sp³-hybridized carbons (Fsp3) is 0.652. The van der Waals surface area contributed by atoms with E-state index in [2.05, 4.69) is 92.8 Å². The van der Waals surface area contributed by atoms with Gasteiger partial charge in [-0.05, 0) is 90.4 Å². The first-order chi connectivity index (χ1) is 26.8. The zero-order valence-corrected chi connectivity index (χ0v) is 35.7. The molecular weight excluding hydrogens is 711 g/mol. The van der Waals surface area contributed by atoms with Crippen molar-refractivity contribution in [3.63, 3.8) is 0 Å². The molecule has 0 radical (unpaired) electrons. The van der Waals surface area contributed by atoms with Crippen molar-refractivity contribution in [1.82, 2.24) is 0 Å². The monoisotopic (exact) mass is 789 g/mol. The second kappa shape index (κ2) is 40.9. The van der Waals surface area contributed by atoms with Gasteiger partial charge in [-0.1, -0.05) is 150 Å². The summed E-state index contributed by atoms with van der Waals surface area (Å²) in [7, 11) is -4.30. The molecule has 314 valence electrons. The number of hydrogen-bond donors (Lipinski definition) is 1. The zero-order valence-electron chi connectivity index (χ0n) is 34.8. The maximum absolute atomic E-state index is 12.5. The Morgan fingerprint density at radius 2 is 0.945 bits per heavy atom. The lowest BCUT2D eigenvalue weighted by Gasteiger charge is -2.19. The van der Waals surface area contributed by atoms with E-state index in [0.717, 1.165) is 70.6 Å². The third-order valence-electron chi connectivity index (χ3n) is 8.44. The predicted molar refractivity (Wildman–Crippen MR) is 230 cm³/mol. The van der Waals surface area contributed by atoms with Crippen LogP contribution in [0.1, 0.15) is 168 Å². The molecule has 0 spiro atoms. The van der Waals surface area contributed by atoms with E-state index in [1.165, 1.54) is 51.4 Å². The summed E-state index contributed by atoms with van der Waals surface area (Å²) in [5.41, 5.74) is 0. The molecule has 9 heteroatoms. The van der Waals surface area contributed by atoms with Crippen molar-refractivity contribution in [2.75, 3.05) is 19.8 Å². The topological polar surface area (TPSA) is 108 Å². The molecular formula is C46H77O8P. The number of carbonyl (C=O) groups excluding carboxylic acids is 2. The van der Waals surface area contributed by atoms with E-state index in [1.54, 1.807) is 6.92 Å². The fourth-order valence-electron chi connectivity index (χ4n) is 5.34. The first-order valence-electron chi connectivity index (χ1n) is 21.4. The zero-order chi connectivity index (χ0) is 40.3. The van der Waals surface area contributed by atoms with Crippen LogP contribution in [0.25, 0.3) is 0 Å². The van der Waals surface area contributed by atoms with Crippen molar-refractivity contribution in [2.24, 2.45) is 0 Å². The summed E-state index contributed by atoms with van der Waals surface area (Å²) in [5.74, 6) is -0.882. The molecule has 0 aromatic carbocycles. The van der Waals surface area contributed by atoms with Crippen LogP contribution >= 0.6 is 7.82 Å². The number of ether oxygens (including phenoxy) is 2. The summed E-state index contributed by atoms with van der Waals surface area (Å²) < 4.78 is 32.6. The minimum Gasteiger partial charge on any atom is -0.462 e. The largest absolute Gasteiger partial charge is 0.472 e. The van der Waals surface area contributed by atoms with Crippen LogP contribution < -0.4 is 0 Å². The van der Waals surface area contributed by atoms with Crippen molar-refractivity contribution in [1.29, 1.82) is 0 Å². The normalized spacial score (nSPS) is 14.2. The molecule has 0 saturated heterocycles. The highest BCUT2D eigenvalue weighted by Gasteiger charge is 2.25. The Morgan fingerprint density at radius 1 is 0.509 bits per heavy atom. The lowest BCUT2D eigenvalue weighted by molar-refractivity contribution is -0.161. The number of carbonyl (C=O) groups is 2. The minimum absolute atomic E-state index is 0.0161. The number of allylic oxidation sites excluding steroid dienone is 14. The van der Waals surface area contributed by atoms with Gasteiger partial charge in [-0.25, -0.2) is 4.57 Å². The van der Waals surface area contributed by atoms with Crippen molar-refractivity contribution in [3.8, 4) is 0 Å². The van der Waals surface area contributed by atoms with Gasteiger partial charge in [0.15, 0.2) is 6.10 Å². The van der Waals surface area contributed by atoms with Gasteiger partial charge in [-0.2, -0.15) is 0 Å². The summed E-state index contributed by atoms with van der Waals surface area (Å²) in [4.78, 5) is 34.7. The van der Waals surface area contributed by atoms with E-state index in [4.69, 9.17) is 18.5 Å². The van der Waals surface area contributed by atoms with Gasteiger partial charge >= 0.3 is 19.8 Å². The highest BCUT2D eigenvalue weighted by Crippen LogP contribution is 2.43. The standard InChI is InChI=1S/C46H77O8P/c1-4-7-9-11-13-15-17-19-21-23-25-26-28-30-32-34-36-38-40-45(47)51-42-44(43-53-55(49,50)52-6-3)54-46(48)41-39-37-35-33-31-29-27-24-22-20-18-16-14-12-10-8-5-2/h8,10,14-17,20-23,27,29,33,35,44H,4-7,9,11-13,18-19,24-26,28,30-32,34,36-43H2,1-3H3,(H,49,50)/b10-8-,16-14-,17-15-,22-20-,23-21-,29-27-,35-33-. The lowest BCUT2D eigenvalue weighted by atomic mass is 10.1. The van der Waals surface area contributed by atoms with Gasteiger partial charge in [-0.15, -0.1) is 0 Å². The molecule has 55 heavy (non-hydrogen) atoms. The van der Waals surface area contributed by atoms with Crippen LogP contribution in [0.3, 0.4) is 0 Å². The molecule has 0 aliphatic rings. The second-order valence-corrected chi connectivity index (χ2v) is 15.1. The number of unbranched alkanes of at least 4 members (excludes halogenated alkanes) is 12. The predicted octanol–water partition coefficient (Wildman–Crippen LogP) is 13.5. The van der Waals surface area contributed by atoms with Gasteiger partial charge < -0.3 is 14.4 Å². The Balaban J connectivity index is 4.21. The Bertz CT molecular complexity index is 1170. The van der Waals surface area contributed by atoms with Crippen molar-refractivity contribution >= 4 is 19.8 Å². The van der Waals surface area contributed by atoms with Crippen LogP contribution in [0, 0.1) is 0 Å². The van der Waals surface area contributed by atoms with Crippen LogP contribution in [0.4, 0.5) is 0 Å². The molecule has 0 rings (SSSR count). The molecule has 0 aliphatic carbocycles. The van der Waals surface area contributed by atoms with Crippen LogP contribution in [0.15, 0.2) is 85.1 Å². The van der Waals surface area contributed by atoms with Crippen molar-refractivity contribution < 1.29 is 37.6 Å². The number of hydrogen-bond acceptors (Lipinski definition) is 7. The van der Waals surface area contributed by atoms with Crippen LogP contribution in [0.5, 0.6) is 0 Å². The van der Waals surface area contributed by atoms with E-state index in [1.807, 2.05) is 6.08 Å². The Kier molecular flexibility index (Phi) is 38.8. The first kappa shape index (κ1) is 52.2.